The second-order valence-corrected chi connectivity index (χ2v) is 3.52. The Morgan fingerprint density at radius 3 is 2.56 bits per heavy atom. The third-order valence-electron chi connectivity index (χ3n) is 1.97. The van der Waals surface area contributed by atoms with Crippen LogP contribution in [0.3, 0.4) is 0 Å². The molecule has 86 valence electrons. The number of aliphatic hydroxyl groups excluding tert-OH is 1. The Morgan fingerprint density at radius 2 is 2.06 bits per heavy atom. The zero-order valence-corrected chi connectivity index (χ0v) is 8.68. The lowest BCUT2D eigenvalue weighted by Crippen LogP contribution is -2.07. The maximum Gasteiger partial charge on any atom is 0.417 e. The van der Waals surface area contributed by atoms with Crippen molar-refractivity contribution in [1.29, 1.82) is 5.26 Å². The molecule has 0 aliphatic carbocycles. The van der Waals surface area contributed by atoms with Crippen LogP contribution in [0, 0.1) is 11.3 Å². The Kier molecular flexibility index (Phi) is 3.79. The monoisotopic (exact) mass is 249 g/mol. The van der Waals surface area contributed by atoms with Crippen LogP contribution >= 0.6 is 11.6 Å². The summed E-state index contributed by atoms with van der Waals surface area (Å²) in [6.07, 6.45) is -6.07. The third kappa shape index (κ3) is 2.87. The van der Waals surface area contributed by atoms with Crippen LogP contribution in [0.4, 0.5) is 13.2 Å². The molecule has 0 aliphatic heterocycles. The lowest BCUT2D eigenvalue weighted by Gasteiger charge is -2.12. The molecule has 16 heavy (non-hydrogen) atoms. The standard InChI is InChI=1S/C10H7ClF3NO/c11-8-2-1-6(9(16)3-4-15)5-7(8)10(12,13)14/h1-2,5,9,16H,3H2. The second-order valence-electron chi connectivity index (χ2n) is 3.12. The molecular weight excluding hydrogens is 243 g/mol. The van der Waals surface area contributed by atoms with Crippen molar-refractivity contribution in [2.24, 2.45) is 0 Å². The van der Waals surface area contributed by atoms with E-state index in [0.29, 0.717) is 0 Å². The number of aliphatic hydroxyl groups is 1. The minimum absolute atomic E-state index is 0.0262. The maximum absolute atomic E-state index is 12.4. The van der Waals surface area contributed by atoms with Gasteiger partial charge in [-0.25, -0.2) is 0 Å². The Labute approximate surface area is 94.9 Å². The number of benzene rings is 1. The molecule has 1 unspecified atom stereocenters. The summed E-state index contributed by atoms with van der Waals surface area (Å²) >= 11 is 5.40. The number of hydrogen-bond donors (Lipinski definition) is 1. The van der Waals surface area contributed by atoms with E-state index in [4.69, 9.17) is 16.9 Å². The van der Waals surface area contributed by atoms with Gasteiger partial charge in [-0.2, -0.15) is 18.4 Å². The summed E-state index contributed by atoms with van der Waals surface area (Å²) in [6.45, 7) is 0. The van der Waals surface area contributed by atoms with Crippen LogP contribution in [-0.2, 0) is 6.18 Å². The summed E-state index contributed by atoms with van der Waals surface area (Å²) in [5.41, 5.74) is -0.984. The van der Waals surface area contributed by atoms with Gasteiger partial charge in [0.2, 0.25) is 0 Å². The van der Waals surface area contributed by atoms with Crippen molar-refractivity contribution in [1.82, 2.24) is 0 Å². The predicted molar refractivity (Wildman–Crippen MR) is 51.6 cm³/mol. The number of nitrogens with zero attached hydrogens (tertiary/aromatic N) is 1. The van der Waals surface area contributed by atoms with Crippen LogP contribution in [0.25, 0.3) is 0 Å². The molecule has 0 amide bonds. The van der Waals surface area contributed by atoms with Gasteiger partial charge in [0.15, 0.2) is 0 Å². The quantitative estimate of drug-likeness (QED) is 0.874. The van der Waals surface area contributed by atoms with E-state index in [1.165, 1.54) is 6.07 Å². The van der Waals surface area contributed by atoms with Crippen LogP contribution in [0.2, 0.25) is 5.02 Å². The van der Waals surface area contributed by atoms with Gasteiger partial charge in [-0.1, -0.05) is 17.7 Å². The molecule has 1 aromatic rings. The molecule has 0 aliphatic rings. The largest absolute Gasteiger partial charge is 0.417 e. The molecule has 0 saturated carbocycles. The number of nitriles is 1. The van der Waals surface area contributed by atoms with Gasteiger partial charge in [-0.3, -0.25) is 0 Å². The van der Waals surface area contributed by atoms with Crippen LogP contribution in [-0.4, -0.2) is 5.11 Å². The summed E-state index contributed by atoms with van der Waals surface area (Å²) in [7, 11) is 0. The van der Waals surface area contributed by atoms with Gasteiger partial charge < -0.3 is 5.11 Å². The maximum atomic E-state index is 12.4. The fraction of sp³-hybridized carbons (Fsp3) is 0.300. The minimum atomic E-state index is -4.57. The van der Waals surface area contributed by atoms with Crippen molar-refractivity contribution in [2.75, 3.05) is 0 Å². The molecular formula is C10H7ClF3NO. The van der Waals surface area contributed by atoms with Crippen LogP contribution in [0.15, 0.2) is 18.2 Å². The molecule has 2 nitrogen and oxygen atoms in total. The van der Waals surface area contributed by atoms with E-state index in [9.17, 15) is 18.3 Å². The highest BCUT2D eigenvalue weighted by atomic mass is 35.5. The smallest absolute Gasteiger partial charge is 0.387 e. The molecule has 1 aromatic carbocycles. The van der Waals surface area contributed by atoms with Crippen molar-refractivity contribution in [3.63, 3.8) is 0 Å². The van der Waals surface area contributed by atoms with E-state index >= 15 is 0 Å². The molecule has 1 atom stereocenters. The van der Waals surface area contributed by atoms with Gasteiger partial charge in [0.25, 0.3) is 0 Å². The van der Waals surface area contributed by atoms with E-state index in [0.717, 1.165) is 12.1 Å². The van der Waals surface area contributed by atoms with Crippen molar-refractivity contribution in [2.45, 2.75) is 18.7 Å². The highest BCUT2D eigenvalue weighted by molar-refractivity contribution is 6.31. The second kappa shape index (κ2) is 4.73. The van der Waals surface area contributed by atoms with Crippen molar-refractivity contribution in [3.05, 3.63) is 34.3 Å². The van der Waals surface area contributed by atoms with E-state index in [-0.39, 0.29) is 12.0 Å². The number of alkyl halides is 3. The van der Waals surface area contributed by atoms with Gasteiger partial charge in [0.1, 0.15) is 0 Å². The summed E-state index contributed by atoms with van der Waals surface area (Å²) in [5, 5.41) is 17.3. The van der Waals surface area contributed by atoms with E-state index in [1.54, 1.807) is 6.07 Å². The molecule has 1 rings (SSSR count). The first kappa shape index (κ1) is 12.8. The van der Waals surface area contributed by atoms with Gasteiger partial charge in [0, 0.05) is 0 Å². The molecule has 0 saturated heterocycles. The predicted octanol–water partition coefficient (Wildman–Crippen LogP) is 3.31. The summed E-state index contributed by atoms with van der Waals surface area (Å²) < 4.78 is 37.3. The average Bonchev–Trinajstić information content (AvgIpc) is 2.16. The summed E-state index contributed by atoms with van der Waals surface area (Å²) in [5.74, 6) is 0. The summed E-state index contributed by atoms with van der Waals surface area (Å²) in [4.78, 5) is 0. The van der Waals surface area contributed by atoms with Crippen molar-refractivity contribution >= 4 is 11.6 Å². The average molecular weight is 250 g/mol. The topological polar surface area (TPSA) is 44.0 Å². The molecule has 1 N–H and O–H groups in total. The Balaban J connectivity index is 3.13. The fourth-order valence-corrected chi connectivity index (χ4v) is 1.40. The zero-order valence-electron chi connectivity index (χ0n) is 7.92. The first-order valence-electron chi connectivity index (χ1n) is 4.28. The van der Waals surface area contributed by atoms with E-state index in [1.807, 2.05) is 0 Å². The highest BCUT2D eigenvalue weighted by Crippen LogP contribution is 2.36. The van der Waals surface area contributed by atoms with Gasteiger partial charge >= 0.3 is 6.18 Å². The van der Waals surface area contributed by atoms with Crippen molar-refractivity contribution in [3.8, 4) is 6.07 Å². The normalized spacial score (nSPS) is 13.2. The Hall–Kier alpha value is -1.25. The number of rotatable bonds is 2. The fourth-order valence-electron chi connectivity index (χ4n) is 1.17. The van der Waals surface area contributed by atoms with Crippen molar-refractivity contribution < 1.29 is 18.3 Å². The molecule has 0 spiro atoms. The van der Waals surface area contributed by atoms with Gasteiger partial charge in [-0.05, 0) is 17.7 Å². The molecule has 0 aromatic heterocycles. The molecule has 0 radical (unpaired) electrons. The third-order valence-corrected chi connectivity index (χ3v) is 2.29. The van der Waals surface area contributed by atoms with Crippen LogP contribution in [0.1, 0.15) is 23.7 Å². The highest BCUT2D eigenvalue weighted by Gasteiger charge is 2.33. The SMILES string of the molecule is N#CCC(O)c1ccc(Cl)c(C(F)(F)F)c1. The number of halogens is 4. The van der Waals surface area contributed by atoms with Crippen LogP contribution < -0.4 is 0 Å². The van der Waals surface area contributed by atoms with Gasteiger partial charge in [0.05, 0.1) is 29.2 Å². The summed E-state index contributed by atoms with van der Waals surface area (Å²) in [6, 6.07) is 4.75. The Bertz CT molecular complexity index is 425. The minimum Gasteiger partial charge on any atom is -0.387 e. The van der Waals surface area contributed by atoms with Crippen LogP contribution in [0.5, 0.6) is 0 Å². The van der Waals surface area contributed by atoms with E-state index < -0.39 is 22.9 Å². The lowest BCUT2D eigenvalue weighted by molar-refractivity contribution is -0.137. The van der Waals surface area contributed by atoms with Gasteiger partial charge in [-0.15, -0.1) is 0 Å². The zero-order chi connectivity index (χ0) is 12.3. The molecule has 0 heterocycles. The lowest BCUT2D eigenvalue weighted by atomic mass is 10.0. The first-order chi connectivity index (χ1) is 7.36. The Morgan fingerprint density at radius 1 is 1.44 bits per heavy atom. The molecule has 0 fully saturated rings. The first-order valence-corrected chi connectivity index (χ1v) is 4.65. The molecule has 0 bridgehead atoms. The number of hydrogen-bond acceptors (Lipinski definition) is 2. The van der Waals surface area contributed by atoms with E-state index in [2.05, 4.69) is 0 Å². The molecule has 6 heteroatoms.